The van der Waals surface area contributed by atoms with Crippen LogP contribution in [0.15, 0.2) is 24.3 Å². The number of carbonyl (C=O) groups excluding carboxylic acids is 3. The van der Waals surface area contributed by atoms with E-state index in [1.165, 1.54) is 0 Å². The van der Waals surface area contributed by atoms with E-state index in [9.17, 15) is 19.5 Å². The Kier molecular flexibility index (Phi) is 7.14. The summed E-state index contributed by atoms with van der Waals surface area (Å²) in [5, 5.41) is 13.2. The molecule has 2 amide bonds. The highest BCUT2D eigenvalue weighted by atomic mass is 32.2. The maximum Gasteiger partial charge on any atom is 0.310 e. The van der Waals surface area contributed by atoms with Crippen molar-refractivity contribution in [1.29, 1.82) is 0 Å². The van der Waals surface area contributed by atoms with Crippen LogP contribution in [0.5, 0.6) is 5.75 Å². The van der Waals surface area contributed by atoms with Crippen molar-refractivity contribution < 1.29 is 29.0 Å². The standard InChI is InChI=1S/C25H34N2O6S/c1-5-14(3)17(13-28)27-21(22(29)26-15-7-9-16(32-4)10-8-15)25-12-11-18(34-25)19(20(25)23(27)30)24(31)33-6-2/h7-10,14,17-21,28H,5-6,11-13H2,1-4H3,(H,26,29)/t14-,17-,18-,19+,20-,21?,25?/m0/s1. The van der Waals surface area contributed by atoms with Gasteiger partial charge in [-0.05, 0) is 49.9 Å². The lowest BCUT2D eigenvalue weighted by atomic mass is 9.71. The van der Waals surface area contributed by atoms with E-state index in [2.05, 4.69) is 5.32 Å². The first-order valence-corrected chi connectivity index (χ1v) is 12.9. The number of likely N-dealkylation sites (tertiary alicyclic amines) is 1. The molecule has 9 heteroatoms. The molecule has 186 valence electrons. The molecular weight excluding hydrogens is 456 g/mol. The fourth-order valence-electron chi connectivity index (χ4n) is 5.95. The highest BCUT2D eigenvalue weighted by molar-refractivity contribution is 8.02. The molecule has 7 atom stereocenters. The Hall–Kier alpha value is -2.26. The minimum absolute atomic E-state index is 0.0105. The molecule has 34 heavy (non-hydrogen) atoms. The minimum atomic E-state index is -0.785. The Balaban J connectivity index is 1.73. The monoisotopic (exact) mass is 490 g/mol. The summed E-state index contributed by atoms with van der Waals surface area (Å²) in [7, 11) is 1.58. The topological polar surface area (TPSA) is 105 Å². The summed E-state index contributed by atoms with van der Waals surface area (Å²) in [5.74, 6) is -1.40. The summed E-state index contributed by atoms with van der Waals surface area (Å²) in [5.41, 5.74) is 0.599. The van der Waals surface area contributed by atoms with Crippen molar-refractivity contribution in [3.63, 3.8) is 0 Å². The van der Waals surface area contributed by atoms with Gasteiger partial charge in [-0.1, -0.05) is 20.3 Å². The molecule has 1 spiro atoms. The van der Waals surface area contributed by atoms with Crippen molar-refractivity contribution in [2.45, 2.75) is 62.1 Å². The number of aliphatic hydroxyl groups is 1. The van der Waals surface area contributed by atoms with Crippen LogP contribution in [0.4, 0.5) is 5.69 Å². The number of nitrogens with zero attached hydrogens (tertiary/aromatic N) is 1. The number of aliphatic hydroxyl groups excluding tert-OH is 1. The molecule has 3 saturated heterocycles. The molecule has 8 nitrogen and oxygen atoms in total. The van der Waals surface area contributed by atoms with E-state index in [4.69, 9.17) is 9.47 Å². The fourth-order valence-corrected chi connectivity index (χ4v) is 8.15. The van der Waals surface area contributed by atoms with Crippen molar-refractivity contribution in [1.82, 2.24) is 4.90 Å². The molecule has 1 aromatic rings. The Labute approximate surface area is 204 Å². The smallest absolute Gasteiger partial charge is 0.310 e. The van der Waals surface area contributed by atoms with Crippen molar-refractivity contribution in [3.8, 4) is 5.75 Å². The number of rotatable bonds is 9. The molecule has 3 fully saturated rings. The number of benzene rings is 1. The SMILES string of the molecule is CCOC(=O)[C@@H]1[C@@H]2CCC3(S2)C(C(=O)Nc2ccc(OC)cc2)N([C@@H](CO)[C@@H](C)CC)C(=O)[C@H]13. The first-order valence-electron chi connectivity index (χ1n) is 12.0. The Morgan fingerprint density at radius 1 is 1.29 bits per heavy atom. The highest BCUT2D eigenvalue weighted by Crippen LogP contribution is 2.67. The van der Waals surface area contributed by atoms with E-state index < -0.39 is 28.7 Å². The van der Waals surface area contributed by atoms with Crippen molar-refractivity contribution in [2.75, 3.05) is 25.6 Å². The molecule has 3 aliphatic rings. The van der Waals surface area contributed by atoms with Gasteiger partial charge in [0.25, 0.3) is 0 Å². The first-order chi connectivity index (χ1) is 16.3. The number of carbonyl (C=O) groups is 3. The van der Waals surface area contributed by atoms with E-state index in [0.29, 0.717) is 17.9 Å². The number of amides is 2. The summed E-state index contributed by atoms with van der Waals surface area (Å²) in [6, 6.07) is 5.74. The van der Waals surface area contributed by atoms with Crippen LogP contribution in [0.1, 0.15) is 40.0 Å². The summed E-state index contributed by atoms with van der Waals surface area (Å²) in [4.78, 5) is 42.3. The van der Waals surface area contributed by atoms with Gasteiger partial charge in [-0.3, -0.25) is 14.4 Å². The van der Waals surface area contributed by atoms with Crippen LogP contribution < -0.4 is 10.1 Å². The Morgan fingerprint density at radius 2 is 2.00 bits per heavy atom. The number of methoxy groups -OCH3 is 1. The molecule has 2 bridgehead atoms. The van der Waals surface area contributed by atoms with Gasteiger partial charge in [0.15, 0.2) is 0 Å². The molecule has 0 saturated carbocycles. The van der Waals surface area contributed by atoms with Gasteiger partial charge in [0.1, 0.15) is 11.8 Å². The molecule has 0 aliphatic carbocycles. The Morgan fingerprint density at radius 3 is 2.59 bits per heavy atom. The predicted molar refractivity (Wildman–Crippen MR) is 130 cm³/mol. The largest absolute Gasteiger partial charge is 0.497 e. The maximum atomic E-state index is 14.0. The van der Waals surface area contributed by atoms with Crippen LogP contribution in [-0.4, -0.2) is 70.2 Å². The van der Waals surface area contributed by atoms with Crippen LogP contribution in [0.25, 0.3) is 0 Å². The summed E-state index contributed by atoms with van der Waals surface area (Å²) >= 11 is 1.59. The lowest BCUT2D eigenvalue weighted by Crippen LogP contribution is -2.56. The average Bonchev–Trinajstić information content (AvgIpc) is 3.48. The summed E-state index contributed by atoms with van der Waals surface area (Å²) in [6.45, 7) is 5.74. The van der Waals surface area contributed by atoms with Crippen LogP contribution in [0.2, 0.25) is 0 Å². The van der Waals surface area contributed by atoms with Gasteiger partial charge >= 0.3 is 5.97 Å². The van der Waals surface area contributed by atoms with Crippen LogP contribution in [-0.2, 0) is 19.1 Å². The number of hydrogen-bond donors (Lipinski definition) is 2. The summed E-state index contributed by atoms with van der Waals surface area (Å²) < 4.78 is 9.84. The molecule has 3 heterocycles. The molecule has 0 radical (unpaired) electrons. The highest BCUT2D eigenvalue weighted by Gasteiger charge is 2.74. The quantitative estimate of drug-likeness (QED) is 0.513. The predicted octanol–water partition coefficient (Wildman–Crippen LogP) is 2.70. The van der Waals surface area contributed by atoms with Crippen molar-refractivity contribution in [3.05, 3.63) is 24.3 Å². The van der Waals surface area contributed by atoms with Crippen LogP contribution >= 0.6 is 11.8 Å². The van der Waals surface area contributed by atoms with Gasteiger partial charge in [0.05, 0.1) is 42.9 Å². The Bertz CT molecular complexity index is 940. The van der Waals surface area contributed by atoms with E-state index in [-0.39, 0.29) is 42.2 Å². The molecule has 0 aromatic heterocycles. The van der Waals surface area contributed by atoms with Crippen LogP contribution in [0.3, 0.4) is 0 Å². The van der Waals surface area contributed by atoms with E-state index in [1.54, 1.807) is 55.0 Å². The first kappa shape index (κ1) is 24.9. The lowest BCUT2D eigenvalue weighted by molar-refractivity contribution is -0.154. The lowest BCUT2D eigenvalue weighted by Gasteiger charge is -2.39. The number of hydrogen-bond acceptors (Lipinski definition) is 7. The van der Waals surface area contributed by atoms with Crippen molar-refractivity contribution >= 4 is 35.2 Å². The minimum Gasteiger partial charge on any atom is -0.497 e. The zero-order chi connectivity index (χ0) is 24.6. The molecule has 2 N–H and O–H groups in total. The molecule has 4 rings (SSSR count). The molecule has 2 unspecified atom stereocenters. The zero-order valence-corrected chi connectivity index (χ0v) is 21.0. The molecular formula is C25H34N2O6S. The maximum absolute atomic E-state index is 14.0. The van der Waals surface area contributed by atoms with Gasteiger partial charge in [-0.2, -0.15) is 0 Å². The molecule has 3 aliphatic heterocycles. The van der Waals surface area contributed by atoms with Gasteiger partial charge in [0.2, 0.25) is 11.8 Å². The zero-order valence-electron chi connectivity index (χ0n) is 20.2. The van der Waals surface area contributed by atoms with Gasteiger partial charge < -0.3 is 24.8 Å². The van der Waals surface area contributed by atoms with Crippen molar-refractivity contribution in [2.24, 2.45) is 17.8 Å². The normalized spacial score (nSPS) is 31.2. The number of ether oxygens (including phenoxy) is 2. The summed E-state index contributed by atoms with van der Waals surface area (Å²) in [6.07, 6.45) is 2.17. The van der Waals surface area contributed by atoms with Crippen LogP contribution in [0, 0.1) is 17.8 Å². The number of esters is 1. The van der Waals surface area contributed by atoms with Gasteiger partial charge in [-0.15, -0.1) is 11.8 Å². The average molecular weight is 491 g/mol. The number of fused-ring (bicyclic) bond motifs is 1. The third kappa shape index (κ3) is 3.86. The second kappa shape index (κ2) is 9.77. The van der Waals surface area contributed by atoms with Gasteiger partial charge in [-0.25, -0.2) is 0 Å². The van der Waals surface area contributed by atoms with E-state index in [0.717, 1.165) is 12.8 Å². The van der Waals surface area contributed by atoms with Gasteiger partial charge in [0, 0.05) is 10.9 Å². The number of thioether (sulfide) groups is 1. The van der Waals surface area contributed by atoms with E-state index >= 15 is 0 Å². The third-order valence-corrected chi connectivity index (χ3v) is 9.70. The fraction of sp³-hybridized carbons (Fsp3) is 0.640. The third-order valence-electron chi connectivity index (χ3n) is 7.75. The second-order valence-electron chi connectivity index (χ2n) is 9.41. The number of nitrogens with one attached hydrogen (secondary N) is 1. The molecule has 1 aromatic carbocycles. The number of anilines is 1. The second-order valence-corrected chi connectivity index (χ2v) is 11.0. The van der Waals surface area contributed by atoms with E-state index in [1.807, 2.05) is 13.8 Å².